The summed E-state index contributed by atoms with van der Waals surface area (Å²) in [5.41, 5.74) is 8.18. The largest absolute Gasteiger partial charge is 0.367 e. The van der Waals surface area contributed by atoms with E-state index in [2.05, 4.69) is 16.5 Å². The van der Waals surface area contributed by atoms with Crippen LogP contribution >= 0.6 is 0 Å². The molecule has 2 atom stereocenters. The maximum absolute atomic E-state index is 6.04. The van der Waals surface area contributed by atoms with Crippen molar-refractivity contribution in [2.75, 3.05) is 5.32 Å². The van der Waals surface area contributed by atoms with Crippen molar-refractivity contribution in [1.29, 1.82) is 0 Å². The van der Waals surface area contributed by atoms with E-state index in [1.807, 2.05) is 16.8 Å². The van der Waals surface area contributed by atoms with E-state index in [0.29, 0.717) is 12.1 Å². The molecule has 0 amide bonds. The minimum Gasteiger partial charge on any atom is -0.367 e. The highest BCUT2D eigenvalue weighted by molar-refractivity contribution is 5.49. The Hall–Kier alpha value is -1.62. The van der Waals surface area contributed by atoms with Gasteiger partial charge in [0.25, 0.3) is 0 Å². The quantitative estimate of drug-likeness (QED) is 0.911. The summed E-state index contributed by atoms with van der Waals surface area (Å²) in [5, 5.41) is 8.06. The average molecular weight is 299 g/mol. The zero-order valence-corrected chi connectivity index (χ0v) is 13.0. The number of anilines is 1. The summed E-state index contributed by atoms with van der Waals surface area (Å²) in [6.07, 6.45) is 11.7. The Balaban J connectivity index is 1.59. The zero-order valence-electron chi connectivity index (χ0n) is 13.0. The third-order valence-corrected chi connectivity index (χ3v) is 5.21. The normalized spacial score (nSPS) is 26.0. The number of rotatable bonds is 4. The van der Waals surface area contributed by atoms with Crippen LogP contribution in [0.5, 0.6) is 0 Å². The Morgan fingerprint density at radius 3 is 2.86 bits per heavy atom. The van der Waals surface area contributed by atoms with Crippen LogP contribution < -0.4 is 11.1 Å². The maximum Gasteiger partial charge on any atom is 0.157 e. The van der Waals surface area contributed by atoms with Crippen LogP contribution in [-0.4, -0.2) is 26.7 Å². The SMILES string of the molecule is N[C@H]1CC[C@H](Nc2cc(CC3CCCC3)nc3ccnn23)C1. The second-order valence-electron chi connectivity index (χ2n) is 7.00. The van der Waals surface area contributed by atoms with Crippen LogP contribution in [0, 0.1) is 5.92 Å². The summed E-state index contributed by atoms with van der Waals surface area (Å²) in [4.78, 5) is 4.78. The third-order valence-electron chi connectivity index (χ3n) is 5.21. The molecule has 118 valence electrons. The Bertz CT molecular complexity index is 644. The van der Waals surface area contributed by atoms with Gasteiger partial charge in [-0.2, -0.15) is 9.61 Å². The van der Waals surface area contributed by atoms with Gasteiger partial charge in [0.1, 0.15) is 5.82 Å². The van der Waals surface area contributed by atoms with Gasteiger partial charge in [-0.3, -0.25) is 0 Å². The maximum atomic E-state index is 6.04. The Morgan fingerprint density at radius 1 is 1.23 bits per heavy atom. The van der Waals surface area contributed by atoms with Crippen LogP contribution in [0.4, 0.5) is 5.82 Å². The Kier molecular flexibility index (Phi) is 3.74. The van der Waals surface area contributed by atoms with Gasteiger partial charge in [-0.05, 0) is 31.6 Å². The molecule has 0 aromatic carbocycles. The standard InChI is InChI=1S/C17H25N5/c18-13-5-6-14(10-13)20-17-11-15(9-12-3-1-2-4-12)21-16-7-8-19-22(16)17/h7-8,11-14,20H,1-6,9-10,18H2/t13-,14-/m0/s1. The predicted octanol–water partition coefficient (Wildman–Crippen LogP) is 2.75. The molecule has 0 aliphatic heterocycles. The topological polar surface area (TPSA) is 68.2 Å². The van der Waals surface area contributed by atoms with Crippen LogP contribution in [0.25, 0.3) is 5.65 Å². The van der Waals surface area contributed by atoms with Crippen molar-refractivity contribution >= 4 is 11.5 Å². The number of hydrogen-bond acceptors (Lipinski definition) is 4. The average Bonchev–Trinajstić information content (AvgIpc) is 3.21. The molecule has 2 saturated carbocycles. The summed E-state index contributed by atoms with van der Waals surface area (Å²) >= 11 is 0. The fraction of sp³-hybridized carbons (Fsp3) is 0.647. The molecule has 2 aromatic rings. The zero-order chi connectivity index (χ0) is 14.9. The van der Waals surface area contributed by atoms with Gasteiger partial charge in [-0.15, -0.1) is 0 Å². The lowest BCUT2D eigenvalue weighted by Crippen LogP contribution is -2.22. The highest BCUT2D eigenvalue weighted by atomic mass is 15.3. The molecule has 22 heavy (non-hydrogen) atoms. The molecular weight excluding hydrogens is 274 g/mol. The van der Waals surface area contributed by atoms with E-state index in [-0.39, 0.29) is 0 Å². The summed E-state index contributed by atoms with van der Waals surface area (Å²) in [7, 11) is 0. The molecule has 4 rings (SSSR count). The first-order valence-electron chi connectivity index (χ1n) is 8.64. The minimum absolute atomic E-state index is 0.338. The van der Waals surface area contributed by atoms with Gasteiger partial charge in [0.2, 0.25) is 0 Å². The molecule has 0 radical (unpaired) electrons. The molecule has 0 saturated heterocycles. The first-order chi connectivity index (χ1) is 10.8. The summed E-state index contributed by atoms with van der Waals surface area (Å²) in [5.74, 6) is 1.88. The van der Waals surface area contributed by atoms with E-state index in [1.54, 1.807) is 0 Å². The van der Waals surface area contributed by atoms with Crippen molar-refractivity contribution in [2.24, 2.45) is 11.7 Å². The van der Waals surface area contributed by atoms with Gasteiger partial charge in [0.05, 0.1) is 6.20 Å². The van der Waals surface area contributed by atoms with Gasteiger partial charge in [0.15, 0.2) is 5.65 Å². The van der Waals surface area contributed by atoms with Crippen LogP contribution in [-0.2, 0) is 6.42 Å². The Labute approximate surface area is 131 Å². The van der Waals surface area contributed by atoms with Crippen molar-refractivity contribution in [3.63, 3.8) is 0 Å². The molecule has 5 heteroatoms. The van der Waals surface area contributed by atoms with Gasteiger partial charge in [0, 0.05) is 29.9 Å². The third kappa shape index (κ3) is 2.82. The lowest BCUT2D eigenvalue weighted by Gasteiger charge is -2.16. The summed E-state index contributed by atoms with van der Waals surface area (Å²) in [6.45, 7) is 0. The number of nitrogens with two attached hydrogens (primary N) is 1. The van der Waals surface area contributed by atoms with Gasteiger partial charge >= 0.3 is 0 Å². The number of nitrogens with one attached hydrogen (secondary N) is 1. The molecule has 5 nitrogen and oxygen atoms in total. The fourth-order valence-corrected chi connectivity index (χ4v) is 4.04. The number of aromatic nitrogens is 3. The smallest absolute Gasteiger partial charge is 0.157 e. The first-order valence-corrected chi connectivity index (χ1v) is 8.64. The van der Waals surface area contributed by atoms with Crippen LogP contribution in [0.1, 0.15) is 50.6 Å². The van der Waals surface area contributed by atoms with Gasteiger partial charge in [-0.25, -0.2) is 4.98 Å². The lowest BCUT2D eigenvalue weighted by atomic mass is 10.0. The highest BCUT2D eigenvalue weighted by Crippen LogP contribution is 2.29. The molecule has 2 heterocycles. The van der Waals surface area contributed by atoms with E-state index >= 15 is 0 Å². The molecule has 0 unspecified atom stereocenters. The molecule has 0 spiro atoms. The molecule has 2 aliphatic rings. The number of hydrogen-bond donors (Lipinski definition) is 2. The van der Waals surface area contributed by atoms with E-state index in [9.17, 15) is 0 Å². The Morgan fingerprint density at radius 2 is 2.09 bits per heavy atom. The second-order valence-corrected chi connectivity index (χ2v) is 7.00. The van der Waals surface area contributed by atoms with Crippen molar-refractivity contribution in [2.45, 2.75) is 63.5 Å². The molecule has 2 aliphatic carbocycles. The fourth-order valence-electron chi connectivity index (χ4n) is 4.04. The number of nitrogens with zero attached hydrogens (tertiary/aromatic N) is 3. The van der Waals surface area contributed by atoms with Crippen molar-refractivity contribution in [3.8, 4) is 0 Å². The lowest BCUT2D eigenvalue weighted by molar-refractivity contribution is 0.539. The highest BCUT2D eigenvalue weighted by Gasteiger charge is 2.23. The van der Waals surface area contributed by atoms with E-state index in [1.165, 1.54) is 31.4 Å². The van der Waals surface area contributed by atoms with E-state index in [4.69, 9.17) is 10.7 Å². The monoisotopic (exact) mass is 299 g/mol. The van der Waals surface area contributed by atoms with Crippen molar-refractivity contribution in [1.82, 2.24) is 14.6 Å². The molecular formula is C17H25N5. The molecule has 2 aromatic heterocycles. The van der Waals surface area contributed by atoms with Crippen LogP contribution in [0.3, 0.4) is 0 Å². The van der Waals surface area contributed by atoms with Crippen LogP contribution in [0.2, 0.25) is 0 Å². The molecule has 2 fully saturated rings. The molecule has 0 bridgehead atoms. The van der Waals surface area contributed by atoms with Crippen molar-refractivity contribution < 1.29 is 0 Å². The first kappa shape index (κ1) is 14.0. The number of fused-ring (bicyclic) bond motifs is 1. The minimum atomic E-state index is 0.338. The summed E-state index contributed by atoms with van der Waals surface area (Å²) < 4.78 is 1.92. The molecule has 3 N–H and O–H groups in total. The van der Waals surface area contributed by atoms with Gasteiger partial charge in [-0.1, -0.05) is 25.7 Å². The van der Waals surface area contributed by atoms with E-state index in [0.717, 1.165) is 43.1 Å². The predicted molar refractivity (Wildman–Crippen MR) is 87.9 cm³/mol. The summed E-state index contributed by atoms with van der Waals surface area (Å²) in [6, 6.07) is 4.99. The van der Waals surface area contributed by atoms with Gasteiger partial charge < -0.3 is 11.1 Å². The second kappa shape index (κ2) is 5.88. The van der Waals surface area contributed by atoms with E-state index < -0.39 is 0 Å². The van der Waals surface area contributed by atoms with Crippen LogP contribution in [0.15, 0.2) is 18.3 Å². The van der Waals surface area contributed by atoms with Crippen molar-refractivity contribution in [3.05, 3.63) is 24.0 Å².